The predicted molar refractivity (Wildman–Crippen MR) is 83.9 cm³/mol. The van der Waals surface area contributed by atoms with Crippen molar-refractivity contribution in [3.8, 4) is 0 Å². The molecule has 0 aromatic carbocycles. The van der Waals surface area contributed by atoms with E-state index in [4.69, 9.17) is 0 Å². The number of methoxy groups -OCH3 is 1. The number of ether oxygens (including phenoxy) is 1. The Morgan fingerprint density at radius 2 is 2.00 bits per heavy atom. The van der Waals surface area contributed by atoms with Gasteiger partial charge in [0.25, 0.3) is 0 Å². The third-order valence-electron chi connectivity index (χ3n) is 4.10. The van der Waals surface area contributed by atoms with Gasteiger partial charge in [-0.1, -0.05) is 0 Å². The lowest BCUT2D eigenvalue weighted by molar-refractivity contribution is -0.140. The number of nitrogens with zero attached hydrogens (tertiary/aromatic N) is 2. The second kappa shape index (κ2) is 7.80. The number of piperazine rings is 1. The number of carbonyl (C=O) groups is 1. The van der Waals surface area contributed by atoms with E-state index in [-0.39, 0.29) is 18.1 Å². The molecular weight excluding hydrogens is 312 g/mol. The van der Waals surface area contributed by atoms with Crippen LogP contribution in [0.15, 0.2) is 0 Å². The van der Waals surface area contributed by atoms with Gasteiger partial charge in [-0.2, -0.15) is 16.1 Å². The largest absolute Gasteiger partial charge is 0.469 e. The maximum atomic E-state index is 12.2. The van der Waals surface area contributed by atoms with Crippen molar-refractivity contribution in [1.82, 2.24) is 9.21 Å². The summed E-state index contributed by atoms with van der Waals surface area (Å²) in [6.07, 6.45) is 1.71. The van der Waals surface area contributed by atoms with Crippen LogP contribution in [0.4, 0.5) is 0 Å². The zero-order valence-electron chi connectivity index (χ0n) is 12.5. The molecule has 21 heavy (non-hydrogen) atoms. The minimum atomic E-state index is -3.24. The summed E-state index contributed by atoms with van der Waals surface area (Å²) in [5, 5.41) is 0. The van der Waals surface area contributed by atoms with Gasteiger partial charge in [-0.15, -0.1) is 0 Å². The van der Waals surface area contributed by atoms with Crippen molar-refractivity contribution in [2.45, 2.75) is 25.3 Å². The van der Waals surface area contributed by atoms with Gasteiger partial charge < -0.3 is 4.74 Å². The van der Waals surface area contributed by atoms with E-state index in [9.17, 15) is 13.2 Å². The molecule has 2 aliphatic rings. The monoisotopic (exact) mass is 336 g/mol. The molecule has 0 aliphatic carbocycles. The molecule has 0 spiro atoms. The molecule has 2 aliphatic heterocycles. The van der Waals surface area contributed by atoms with Crippen molar-refractivity contribution in [3.05, 3.63) is 0 Å². The van der Waals surface area contributed by atoms with Gasteiger partial charge in [0.15, 0.2) is 0 Å². The van der Waals surface area contributed by atoms with E-state index in [1.54, 1.807) is 4.31 Å². The maximum Gasteiger partial charge on any atom is 0.305 e. The third kappa shape index (κ3) is 4.84. The highest BCUT2D eigenvalue weighted by atomic mass is 32.2. The van der Waals surface area contributed by atoms with Crippen LogP contribution in [0.5, 0.6) is 0 Å². The maximum absolute atomic E-state index is 12.2. The molecular formula is C13H24N2O4S2. The van der Waals surface area contributed by atoms with Crippen molar-refractivity contribution in [2.24, 2.45) is 0 Å². The molecule has 0 saturated carbocycles. The summed E-state index contributed by atoms with van der Waals surface area (Å²) >= 11 is 1.98. The number of thioether (sulfide) groups is 1. The van der Waals surface area contributed by atoms with Crippen LogP contribution in [0.3, 0.4) is 0 Å². The Bertz CT molecular complexity index is 441. The number of rotatable bonds is 6. The molecule has 0 aromatic heterocycles. The molecule has 0 amide bonds. The molecule has 0 radical (unpaired) electrons. The van der Waals surface area contributed by atoms with Gasteiger partial charge in [-0.3, -0.25) is 9.69 Å². The zero-order chi connectivity index (χ0) is 15.3. The van der Waals surface area contributed by atoms with Crippen molar-refractivity contribution >= 4 is 27.8 Å². The van der Waals surface area contributed by atoms with Crippen LogP contribution in [0.2, 0.25) is 0 Å². The molecule has 0 unspecified atom stereocenters. The number of hydrogen-bond acceptors (Lipinski definition) is 6. The minimum absolute atomic E-state index is 0.0291. The molecule has 0 aromatic rings. The Labute approximate surface area is 131 Å². The fourth-order valence-corrected chi connectivity index (χ4v) is 5.53. The molecule has 2 fully saturated rings. The highest BCUT2D eigenvalue weighted by Gasteiger charge is 2.30. The van der Waals surface area contributed by atoms with Gasteiger partial charge in [-0.05, 0) is 18.6 Å². The molecule has 122 valence electrons. The zero-order valence-corrected chi connectivity index (χ0v) is 14.1. The van der Waals surface area contributed by atoms with Gasteiger partial charge in [0.1, 0.15) is 0 Å². The van der Waals surface area contributed by atoms with Crippen molar-refractivity contribution < 1.29 is 17.9 Å². The van der Waals surface area contributed by atoms with E-state index in [1.807, 2.05) is 11.8 Å². The first-order valence-corrected chi connectivity index (χ1v) is 10.2. The van der Waals surface area contributed by atoms with Gasteiger partial charge in [0.05, 0.1) is 12.9 Å². The van der Waals surface area contributed by atoms with Gasteiger partial charge in [-0.25, -0.2) is 8.42 Å². The Morgan fingerprint density at radius 1 is 1.29 bits per heavy atom. The molecule has 8 heteroatoms. The molecule has 0 bridgehead atoms. The summed E-state index contributed by atoms with van der Waals surface area (Å²) in [6.45, 7) is 2.78. The second-order valence-corrected chi connectivity index (χ2v) is 8.69. The number of sulfonamides is 1. The van der Waals surface area contributed by atoms with E-state index in [0.29, 0.717) is 25.6 Å². The van der Waals surface area contributed by atoms with Gasteiger partial charge in [0.2, 0.25) is 10.0 Å². The average molecular weight is 336 g/mol. The summed E-state index contributed by atoms with van der Waals surface area (Å²) in [5.41, 5.74) is 0. The Kier molecular flexibility index (Phi) is 6.34. The first kappa shape index (κ1) is 17.1. The highest BCUT2D eigenvalue weighted by Crippen LogP contribution is 2.23. The van der Waals surface area contributed by atoms with Crippen molar-refractivity contribution in [1.29, 1.82) is 0 Å². The van der Waals surface area contributed by atoms with E-state index in [2.05, 4.69) is 9.64 Å². The molecule has 2 heterocycles. The molecule has 0 N–H and O–H groups in total. The van der Waals surface area contributed by atoms with E-state index in [1.165, 1.54) is 25.0 Å². The average Bonchev–Trinajstić information content (AvgIpc) is 3.01. The minimum Gasteiger partial charge on any atom is -0.469 e. The summed E-state index contributed by atoms with van der Waals surface area (Å²) in [6, 6.07) is 0.624. The molecule has 6 nitrogen and oxygen atoms in total. The second-order valence-electron chi connectivity index (χ2n) is 5.45. The van der Waals surface area contributed by atoms with Gasteiger partial charge in [0, 0.05) is 44.4 Å². The molecule has 1 atom stereocenters. The quantitative estimate of drug-likeness (QED) is 0.654. The van der Waals surface area contributed by atoms with Crippen LogP contribution in [-0.4, -0.2) is 80.2 Å². The molecule has 2 rings (SSSR count). The van der Waals surface area contributed by atoms with Crippen LogP contribution >= 0.6 is 11.8 Å². The fourth-order valence-electron chi connectivity index (χ4n) is 2.79. The van der Waals surface area contributed by atoms with E-state index in [0.717, 1.165) is 13.1 Å². The SMILES string of the molecule is COC(=O)CCCS(=O)(=O)N1CCN([C@@H]2CCSC2)CC1. The Hall–Kier alpha value is -0.310. The van der Waals surface area contributed by atoms with Gasteiger partial charge >= 0.3 is 5.97 Å². The predicted octanol–water partition coefficient (Wildman–Crippen LogP) is 0.393. The van der Waals surface area contributed by atoms with Crippen molar-refractivity contribution in [3.63, 3.8) is 0 Å². The fraction of sp³-hybridized carbons (Fsp3) is 0.923. The summed E-state index contributed by atoms with van der Waals surface area (Å²) in [5.74, 6) is 2.07. The van der Waals surface area contributed by atoms with Crippen LogP contribution in [0.1, 0.15) is 19.3 Å². The highest BCUT2D eigenvalue weighted by molar-refractivity contribution is 7.99. The smallest absolute Gasteiger partial charge is 0.305 e. The summed E-state index contributed by atoms with van der Waals surface area (Å²) < 4.78 is 30.6. The number of esters is 1. The lowest BCUT2D eigenvalue weighted by atomic mass is 10.2. The first-order chi connectivity index (χ1) is 10.0. The standard InChI is InChI=1S/C13H24N2O4S2/c1-19-13(16)3-2-10-21(17,18)15-7-5-14(6-8-15)12-4-9-20-11-12/h12H,2-11H2,1H3/t12-/m1/s1. The summed E-state index contributed by atoms with van der Waals surface area (Å²) in [4.78, 5) is 13.4. The third-order valence-corrected chi connectivity index (χ3v) is 7.20. The Balaban J connectivity index is 1.76. The number of carbonyl (C=O) groups excluding carboxylic acids is 1. The molecule has 2 saturated heterocycles. The summed E-state index contributed by atoms with van der Waals surface area (Å²) in [7, 11) is -1.92. The van der Waals surface area contributed by atoms with Crippen molar-refractivity contribution in [2.75, 3.05) is 50.5 Å². The lowest BCUT2D eigenvalue weighted by Gasteiger charge is -2.37. The van der Waals surface area contributed by atoms with E-state index >= 15 is 0 Å². The Morgan fingerprint density at radius 3 is 2.57 bits per heavy atom. The van der Waals surface area contributed by atoms with E-state index < -0.39 is 10.0 Å². The van der Waals surface area contributed by atoms with Crippen LogP contribution < -0.4 is 0 Å². The van der Waals surface area contributed by atoms with Crippen LogP contribution in [0, 0.1) is 0 Å². The topological polar surface area (TPSA) is 66.9 Å². The normalized spacial score (nSPS) is 25.1. The lowest BCUT2D eigenvalue weighted by Crippen LogP contribution is -2.52. The number of hydrogen-bond donors (Lipinski definition) is 0. The first-order valence-electron chi connectivity index (χ1n) is 7.39. The van der Waals surface area contributed by atoms with Crippen LogP contribution in [-0.2, 0) is 19.6 Å². The van der Waals surface area contributed by atoms with Crippen LogP contribution in [0.25, 0.3) is 0 Å².